The van der Waals surface area contributed by atoms with Crippen molar-refractivity contribution >= 4 is 17.5 Å². The van der Waals surface area contributed by atoms with Crippen LogP contribution in [0.5, 0.6) is 11.5 Å². The van der Waals surface area contributed by atoms with E-state index in [1.165, 1.54) is 11.0 Å². The van der Waals surface area contributed by atoms with Crippen molar-refractivity contribution < 1.29 is 19.4 Å². The van der Waals surface area contributed by atoms with Gasteiger partial charge in [0.05, 0.1) is 6.54 Å². The van der Waals surface area contributed by atoms with Gasteiger partial charge in [-0.05, 0) is 37.1 Å². The third kappa shape index (κ3) is 5.51. The van der Waals surface area contributed by atoms with Gasteiger partial charge in [-0.15, -0.1) is 0 Å². The van der Waals surface area contributed by atoms with Gasteiger partial charge in [0, 0.05) is 12.2 Å². The molecular formula is C20H24N2O4. The van der Waals surface area contributed by atoms with Gasteiger partial charge in [0.25, 0.3) is 5.91 Å². The van der Waals surface area contributed by atoms with Crippen molar-refractivity contribution in [2.45, 2.75) is 20.3 Å². The Bertz CT molecular complexity index is 761. The molecule has 2 rings (SSSR count). The molecule has 2 aromatic rings. The third-order valence-corrected chi connectivity index (χ3v) is 3.82. The number of ether oxygens (including phenoxy) is 1. The molecule has 2 N–H and O–H groups in total. The predicted molar refractivity (Wildman–Crippen MR) is 100 cm³/mol. The van der Waals surface area contributed by atoms with Crippen LogP contribution in [0, 0.1) is 6.92 Å². The van der Waals surface area contributed by atoms with E-state index >= 15 is 0 Å². The van der Waals surface area contributed by atoms with Crippen LogP contribution in [0.4, 0.5) is 5.69 Å². The summed E-state index contributed by atoms with van der Waals surface area (Å²) in [6.45, 7) is 4.00. The molecule has 138 valence electrons. The Labute approximate surface area is 153 Å². The average Bonchev–Trinajstić information content (AvgIpc) is 2.62. The fourth-order valence-electron chi connectivity index (χ4n) is 2.45. The fourth-order valence-corrected chi connectivity index (χ4v) is 2.45. The molecular weight excluding hydrogens is 332 g/mol. The highest BCUT2D eigenvalue weighted by molar-refractivity contribution is 5.95. The summed E-state index contributed by atoms with van der Waals surface area (Å²) in [4.78, 5) is 26.2. The SMILES string of the molecule is CCCN(CC(=O)Nc1ccccc1C)C(=O)COc1ccccc1O. The van der Waals surface area contributed by atoms with Gasteiger partial charge < -0.3 is 20.1 Å². The number of hydrogen-bond donors (Lipinski definition) is 2. The van der Waals surface area contributed by atoms with Gasteiger partial charge >= 0.3 is 0 Å². The van der Waals surface area contributed by atoms with E-state index in [9.17, 15) is 14.7 Å². The van der Waals surface area contributed by atoms with Gasteiger partial charge in [-0.25, -0.2) is 0 Å². The van der Waals surface area contributed by atoms with Gasteiger partial charge in [0.15, 0.2) is 18.1 Å². The lowest BCUT2D eigenvalue weighted by Crippen LogP contribution is -2.41. The number of phenols is 1. The van der Waals surface area contributed by atoms with Crippen LogP contribution >= 0.6 is 0 Å². The van der Waals surface area contributed by atoms with Crippen molar-refractivity contribution in [3.8, 4) is 11.5 Å². The summed E-state index contributed by atoms with van der Waals surface area (Å²) >= 11 is 0. The molecule has 26 heavy (non-hydrogen) atoms. The molecule has 2 amide bonds. The number of rotatable bonds is 8. The maximum Gasteiger partial charge on any atom is 0.260 e. The zero-order valence-electron chi connectivity index (χ0n) is 15.1. The first kappa shape index (κ1) is 19.3. The van der Waals surface area contributed by atoms with E-state index in [0.29, 0.717) is 6.54 Å². The predicted octanol–water partition coefficient (Wildman–Crippen LogP) is 2.96. The van der Waals surface area contributed by atoms with Crippen LogP contribution in [0.1, 0.15) is 18.9 Å². The minimum Gasteiger partial charge on any atom is -0.504 e. The van der Waals surface area contributed by atoms with E-state index in [2.05, 4.69) is 5.32 Å². The number of amides is 2. The monoisotopic (exact) mass is 356 g/mol. The topological polar surface area (TPSA) is 78.9 Å². The van der Waals surface area contributed by atoms with E-state index in [-0.39, 0.29) is 36.5 Å². The Kier molecular flexibility index (Phi) is 7.02. The minimum atomic E-state index is -0.310. The van der Waals surface area contributed by atoms with Crippen molar-refractivity contribution in [3.63, 3.8) is 0 Å². The third-order valence-electron chi connectivity index (χ3n) is 3.82. The minimum absolute atomic E-state index is 0.0281. The summed E-state index contributed by atoms with van der Waals surface area (Å²) in [7, 11) is 0. The van der Waals surface area contributed by atoms with Crippen LogP contribution < -0.4 is 10.1 Å². The van der Waals surface area contributed by atoms with Crippen molar-refractivity contribution in [1.29, 1.82) is 0 Å². The Balaban J connectivity index is 1.94. The molecule has 0 bridgehead atoms. The van der Waals surface area contributed by atoms with E-state index < -0.39 is 0 Å². The number of para-hydroxylation sites is 3. The number of aromatic hydroxyl groups is 1. The lowest BCUT2D eigenvalue weighted by molar-refractivity contribution is -0.136. The fraction of sp³-hybridized carbons (Fsp3) is 0.300. The highest BCUT2D eigenvalue weighted by Crippen LogP contribution is 2.24. The smallest absolute Gasteiger partial charge is 0.260 e. The second-order valence-corrected chi connectivity index (χ2v) is 5.93. The number of aryl methyl sites for hydroxylation is 1. The van der Waals surface area contributed by atoms with E-state index in [0.717, 1.165) is 17.7 Å². The highest BCUT2D eigenvalue weighted by atomic mass is 16.5. The van der Waals surface area contributed by atoms with Crippen LogP contribution in [0.2, 0.25) is 0 Å². The molecule has 0 aromatic heterocycles. The number of phenolic OH excluding ortho intramolecular Hbond substituents is 1. The van der Waals surface area contributed by atoms with E-state index in [1.807, 2.05) is 38.1 Å². The molecule has 6 nitrogen and oxygen atoms in total. The number of hydrogen-bond acceptors (Lipinski definition) is 4. The van der Waals surface area contributed by atoms with E-state index in [1.54, 1.807) is 18.2 Å². The summed E-state index contributed by atoms with van der Waals surface area (Å²) in [5.74, 6) is -0.361. The first-order valence-electron chi connectivity index (χ1n) is 8.55. The zero-order valence-corrected chi connectivity index (χ0v) is 15.1. The molecule has 2 aromatic carbocycles. The summed E-state index contributed by atoms with van der Waals surface area (Å²) < 4.78 is 5.37. The largest absolute Gasteiger partial charge is 0.504 e. The Hall–Kier alpha value is -3.02. The van der Waals surface area contributed by atoms with Crippen LogP contribution in [-0.2, 0) is 9.59 Å². The first-order chi connectivity index (χ1) is 12.5. The maximum absolute atomic E-state index is 12.4. The second-order valence-electron chi connectivity index (χ2n) is 5.93. The first-order valence-corrected chi connectivity index (χ1v) is 8.55. The van der Waals surface area contributed by atoms with Crippen molar-refractivity contribution in [2.24, 2.45) is 0 Å². The molecule has 0 atom stereocenters. The van der Waals surface area contributed by atoms with Gasteiger partial charge in [0.2, 0.25) is 5.91 Å². The Morgan fingerprint density at radius 2 is 1.81 bits per heavy atom. The summed E-state index contributed by atoms with van der Waals surface area (Å²) in [5, 5.41) is 12.5. The Morgan fingerprint density at radius 1 is 1.12 bits per heavy atom. The maximum atomic E-state index is 12.4. The number of carbonyl (C=O) groups is 2. The normalized spacial score (nSPS) is 10.2. The molecule has 0 aliphatic carbocycles. The van der Waals surface area contributed by atoms with Gasteiger partial charge in [-0.3, -0.25) is 9.59 Å². The highest BCUT2D eigenvalue weighted by Gasteiger charge is 2.18. The summed E-state index contributed by atoms with van der Waals surface area (Å²) in [6.07, 6.45) is 0.722. The molecule has 0 heterocycles. The average molecular weight is 356 g/mol. The molecule has 0 saturated heterocycles. The lowest BCUT2D eigenvalue weighted by Gasteiger charge is -2.22. The van der Waals surface area contributed by atoms with Crippen molar-refractivity contribution in [2.75, 3.05) is 25.0 Å². The lowest BCUT2D eigenvalue weighted by atomic mass is 10.2. The molecule has 0 fully saturated rings. The van der Waals surface area contributed by atoms with E-state index in [4.69, 9.17) is 4.74 Å². The molecule has 0 aliphatic rings. The van der Waals surface area contributed by atoms with Crippen molar-refractivity contribution in [1.82, 2.24) is 4.90 Å². The van der Waals surface area contributed by atoms with Gasteiger partial charge in [-0.1, -0.05) is 37.3 Å². The Morgan fingerprint density at radius 3 is 2.50 bits per heavy atom. The number of nitrogens with zero attached hydrogens (tertiary/aromatic N) is 1. The van der Waals surface area contributed by atoms with Crippen molar-refractivity contribution in [3.05, 3.63) is 54.1 Å². The van der Waals surface area contributed by atoms with Gasteiger partial charge in [-0.2, -0.15) is 0 Å². The van der Waals surface area contributed by atoms with Crippen LogP contribution in [0.25, 0.3) is 0 Å². The molecule has 0 unspecified atom stereocenters. The second kappa shape index (κ2) is 9.46. The molecule has 0 saturated carbocycles. The van der Waals surface area contributed by atoms with Crippen LogP contribution in [0.3, 0.4) is 0 Å². The van der Waals surface area contributed by atoms with Crippen LogP contribution in [0.15, 0.2) is 48.5 Å². The quantitative estimate of drug-likeness (QED) is 0.762. The number of benzene rings is 2. The number of nitrogens with one attached hydrogen (secondary N) is 1. The molecule has 0 radical (unpaired) electrons. The zero-order chi connectivity index (χ0) is 18.9. The van der Waals surface area contributed by atoms with Gasteiger partial charge in [0.1, 0.15) is 0 Å². The summed E-state index contributed by atoms with van der Waals surface area (Å²) in [5.41, 5.74) is 1.68. The molecule has 6 heteroatoms. The molecule has 0 spiro atoms. The standard InChI is InChI=1S/C20H24N2O4/c1-3-12-22(13-19(24)21-16-9-5-4-8-15(16)2)20(25)14-26-18-11-7-6-10-17(18)23/h4-11,23H,3,12-14H2,1-2H3,(H,21,24). The summed E-state index contributed by atoms with van der Waals surface area (Å²) in [6, 6.07) is 13.9. The number of carbonyl (C=O) groups excluding carboxylic acids is 2. The van der Waals surface area contributed by atoms with Crippen LogP contribution in [-0.4, -0.2) is 41.5 Å². The molecule has 0 aliphatic heterocycles. The number of anilines is 1.